The molecule has 0 atom stereocenters. The van der Waals surface area contributed by atoms with Crippen LogP contribution in [0.4, 0.5) is 26.3 Å². The number of halogens is 6. The third kappa shape index (κ3) is 5.04. The Kier molecular flexibility index (Phi) is 5.79. The molecule has 0 aliphatic heterocycles. The maximum absolute atomic E-state index is 12.7. The standard InChI is InChI=1S/C20H15F6N3O2/c1-12-17(30)28(10-13-2-6-15(7-3-13)19(21,22)23)18(31)29(27-12)11-14-4-8-16(9-5-14)20(24,25)26/h2-9H,10-11H2,1H3. The van der Waals surface area contributed by atoms with E-state index in [0.29, 0.717) is 11.1 Å². The number of hydrogen-bond donors (Lipinski definition) is 0. The van der Waals surface area contributed by atoms with E-state index in [9.17, 15) is 35.9 Å². The lowest BCUT2D eigenvalue weighted by Crippen LogP contribution is -2.43. The van der Waals surface area contributed by atoms with Crippen molar-refractivity contribution >= 4 is 0 Å². The normalized spacial score (nSPS) is 12.2. The number of benzene rings is 2. The fraction of sp³-hybridized carbons (Fsp3) is 0.250. The van der Waals surface area contributed by atoms with Gasteiger partial charge in [-0.3, -0.25) is 9.36 Å². The average Bonchev–Trinajstić information content (AvgIpc) is 2.69. The highest BCUT2D eigenvalue weighted by molar-refractivity contribution is 5.26. The Morgan fingerprint density at radius 1 is 0.742 bits per heavy atom. The molecule has 3 rings (SSSR count). The van der Waals surface area contributed by atoms with E-state index in [-0.39, 0.29) is 18.8 Å². The first-order valence-electron chi connectivity index (χ1n) is 8.87. The van der Waals surface area contributed by atoms with Crippen LogP contribution in [0.3, 0.4) is 0 Å². The van der Waals surface area contributed by atoms with Gasteiger partial charge >= 0.3 is 18.0 Å². The van der Waals surface area contributed by atoms with Gasteiger partial charge in [0, 0.05) is 0 Å². The molecule has 2 aromatic carbocycles. The molecule has 0 fully saturated rings. The van der Waals surface area contributed by atoms with Crippen molar-refractivity contribution in [3.8, 4) is 0 Å². The molecular formula is C20H15F6N3O2. The Morgan fingerprint density at radius 2 is 1.16 bits per heavy atom. The van der Waals surface area contributed by atoms with Crippen LogP contribution in [-0.4, -0.2) is 14.3 Å². The Bertz CT molecular complexity index is 1190. The van der Waals surface area contributed by atoms with Gasteiger partial charge in [0.2, 0.25) is 0 Å². The van der Waals surface area contributed by atoms with Gasteiger partial charge in [0.25, 0.3) is 5.56 Å². The van der Waals surface area contributed by atoms with Gasteiger partial charge in [-0.2, -0.15) is 31.4 Å². The van der Waals surface area contributed by atoms with Crippen LogP contribution in [0.5, 0.6) is 0 Å². The van der Waals surface area contributed by atoms with Gasteiger partial charge < -0.3 is 0 Å². The SMILES string of the molecule is Cc1nn(Cc2ccc(C(F)(F)F)cc2)c(=O)n(Cc2ccc(C(F)(F)F)cc2)c1=O. The molecule has 0 spiro atoms. The summed E-state index contributed by atoms with van der Waals surface area (Å²) in [6, 6.07) is 8.12. The molecule has 0 N–H and O–H groups in total. The van der Waals surface area contributed by atoms with Crippen molar-refractivity contribution in [2.24, 2.45) is 0 Å². The zero-order valence-corrected chi connectivity index (χ0v) is 16.0. The maximum Gasteiger partial charge on any atom is 0.416 e. The number of hydrogen-bond acceptors (Lipinski definition) is 3. The Labute approximate surface area is 171 Å². The van der Waals surface area contributed by atoms with Crippen LogP contribution in [-0.2, 0) is 25.4 Å². The van der Waals surface area contributed by atoms with Crippen LogP contribution in [0.25, 0.3) is 0 Å². The molecule has 0 aliphatic rings. The van der Waals surface area contributed by atoms with E-state index in [1.807, 2.05) is 0 Å². The Hall–Kier alpha value is -3.37. The summed E-state index contributed by atoms with van der Waals surface area (Å²) < 4.78 is 77.9. The maximum atomic E-state index is 12.7. The summed E-state index contributed by atoms with van der Waals surface area (Å²) in [4.78, 5) is 25.1. The van der Waals surface area contributed by atoms with E-state index in [0.717, 1.165) is 45.6 Å². The van der Waals surface area contributed by atoms with E-state index in [2.05, 4.69) is 5.10 Å². The van der Waals surface area contributed by atoms with Crippen LogP contribution in [0.2, 0.25) is 0 Å². The molecule has 1 aromatic heterocycles. The molecule has 1 heterocycles. The molecule has 0 radical (unpaired) electrons. The summed E-state index contributed by atoms with van der Waals surface area (Å²) in [6.07, 6.45) is -9.02. The minimum absolute atomic E-state index is 0.0431. The van der Waals surface area contributed by atoms with E-state index in [1.165, 1.54) is 19.1 Å². The highest BCUT2D eigenvalue weighted by Crippen LogP contribution is 2.30. The summed E-state index contributed by atoms with van der Waals surface area (Å²) >= 11 is 0. The van der Waals surface area contributed by atoms with Gasteiger partial charge in [-0.15, -0.1) is 0 Å². The largest absolute Gasteiger partial charge is 0.416 e. The number of nitrogens with zero attached hydrogens (tertiary/aromatic N) is 3. The third-order valence-electron chi connectivity index (χ3n) is 4.51. The predicted octanol–water partition coefficient (Wildman–Crippen LogP) is 3.85. The van der Waals surface area contributed by atoms with Crippen LogP contribution >= 0.6 is 0 Å². The van der Waals surface area contributed by atoms with Crippen molar-refractivity contribution in [3.05, 3.63) is 97.3 Å². The number of alkyl halides is 6. The van der Waals surface area contributed by atoms with E-state index >= 15 is 0 Å². The molecule has 3 aromatic rings. The molecular weight excluding hydrogens is 428 g/mol. The average molecular weight is 443 g/mol. The second kappa shape index (κ2) is 8.05. The summed E-state index contributed by atoms with van der Waals surface area (Å²) in [5.41, 5.74) is -2.67. The van der Waals surface area contributed by atoms with Gasteiger partial charge in [-0.1, -0.05) is 24.3 Å². The van der Waals surface area contributed by atoms with Crippen LogP contribution in [0, 0.1) is 6.92 Å². The molecule has 0 saturated heterocycles. The van der Waals surface area contributed by atoms with E-state index in [1.54, 1.807) is 0 Å². The topological polar surface area (TPSA) is 56.9 Å². The van der Waals surface area contributed by atoms with Crippen LogP contribution in [0.15, 0.2) is 58.1 Å². The van der Waals surface area contributed by atoms with E-state index < -0.39 is 34.7 Å². The van der Waals surface area contributed by atoms with Gasteiger partial charge in [0.1, 0.15) is 5.69 Å². The zero-order valence-electron chi connectivity index (χ0n) is 16.0. The molecule has 0 bridgehead atoms. The molecule has 0 amide bonds. The Morgan fingerprint density at radius 3 is 1.58 bits per heavy atom. The third-order valence-corrected chi connectivity index (χ3v) is 4.51. The van der Waals surface area contributed by atoms with Crippen molar-refractivity contribution in [1.29, 1.82) is 0 Å². The lowest BCUT2D eigenvalue weighted by molar-refractivity contribution is -0.138. The Balaban J connectivity index is 1.91. The lowest BCUT2D eigenvalue weighted by atomic mass is 10.1. The van der Waals surface area contributed by atoms with Crippen LogP contribution in [0.1, 0.15) is 27.9 Å². The monoisotopic (exact) mass is 443 g/mol. The van der Waals surface area contributed by atoms with Crippen molar-refractivity contribution < 1.29 is 26.3 Å². The minimum Gasteiger partial charge on any atom is -0.267 e. The molecule has 0 aliphatic carbocycles. The first-order valence-corrected chi connectivity index (χ1v) is 8.87. The highest BCUT2D eigenvalue weighted by Gasteiger charge is 2.30. The molecule has 0 unspecified atom stereocenters. The smallest absolute Gasteiger partial charge is 0.267 e. The predicted molar refractivity (Wildman–Crippen MR) is 98.6 cm³/mol. The summed E-state index contributed by atoms with van der Waals surface area (Å²) in [5.74, 6) is 0. The minimum atomic E-state index is -4.52. The van der Waals surface area contributed by atoms with Crippen molar-refractivity contribution in [2.45, 2.75) is 32.4 Å². The zero-order chi connectivity index (χ0) is 23.0. The second-order valence-electron chi connectivity index (χ2n) is 6.81. The van der Waals surface area contributed by atoms with Gasteiger partial charge in [0.15, 0.2) is 0 Å². The number of rotatable bonds is 4. The molecule has 31 heavy (non-hydrogen) atoms. The first kappa shape index (κ1) is 22.3. The summed E-state index contributed by atoms with van der Waals surface area (Å²) in [7, 11) is 0. The quantitative estimate of drug-likeness (QED) is 0.576. The molecule has 5 nitrogen and oxygen atoms in total. The number of aromatic nitrogens is 3. The van der Waals surface area contributed by atoms with E-state index in [4.69, 9.17) is 0 Å². The van der Waals surface area contributed by atoms with Crippen molar-refractivity contribution in [1.82, 2.24) is 14.3 Å². The van der Waals surface area contributed by atoms with Crippen LogP contribution < -0.4 is 11.2 Å². The van der Waals surface area contributed by atoms with Gasteiger partial charge in [-0.05, 0) is 42.3 Å². The fourth-order valence-corrected chi connectivity index (χ4v) is 2.88. The highest BCUT2D eigenvalue weighted by atomic mass is 19.4. The summed E-state index contributed by atoms with van der Waals surface area (Å²) in [5, 5.41) is 3.89. The van der Waals surface area contributed by atoms with Gasteiger partial charge in [-0.25, -0.2) is 9.48 Å². The number of aryl methyl sites for hydroxylation is 1. The summed E-state index contributed by atoms with van der Waals surface area (Å²) in [6.45, 7) is 0.881. The van der Waals surface area contributed by atoms with Crippen molar-refractivity contribution in [3.63, 3.8) is 0 Å². The molecule has 0 saturated carbocycles. The van der Waals surface area contributed by atoms with Gasteiger partial charge in [0.05, 0.1) is 24.2 Å². The molecule has 11 heteroatoms. The fourth-order valence-electron chi connectivity index (χ4n) is 2.88. The first-order chi connectivity index (χ1) is 14.4. The molecule has 164 valence electrons. The second-order valence-corrected chi connectivity index (χ2v) is 6.81. The van der Waals surface area contributed by atoms with Crippen molar-refractivity contribution in [2.75, 3.05) is 0 Å². The lowest BCUT2D eigenvalue weighted by Gasteiger charge is -2.12.